The van der Waals surface area contributed by atoms with Crippen molar-refractivity contribution in [3.8, 4) is 0 Å². The summed E-state index contributed by atoms with van der Waals surface area (Å²) in [5.41, 5.74) is 5.54. The smallest absolute Gasteiger partial charge is 0.0199 e. The summed E-state index contributed by atoms with van der Waals surface area (Å²) in [5.74, 6) is 0. The van der Waals surface area contributed by atoms with Gasteiger partial charge < -0.3 is 0 Å². The molecule has 0 fully saturated rings. The summed E-state index contributed by atoms with van der Waals surface area (Å²) in [5, 5.41) is 0. The molecule has 0 heteroatoms. The van der Waals surface area contributed by atoms with Crippen molar-refractivity contribution in [3.05, 3.63) is 77.2 Å². The fraction of sp³-hybridized carbons (Fsp3) is 0.381. The van der Waals surface area contributed by atoms with Crippen LogP contribution in [0.5, 0.6) is 0 Å². The van der Waals surface area contributed by atoms with Crippen molar-refractivity contribution in [1.29, 1.82) is 0 Å². The van der Waals surface area contributed by atoms with Crippen LogP contribution < -0.4 is 0 Å². The third-order valence-corrected chi connectivity index (χ3v) is 3.87. The normalized spacial score (nSPS) is 10.8. The molecular weight excluding hydrogens is 252 g/mol. The maximum absolute atomic E-state index is 2.33. The predicted octanol–water partition coefficient (Wildman–Crippen LogP) is 5.97. The van der Waals surface area contributed by atoms with Crippen LogP contribution in [-0.4, -0.2) is 0 Å². The lowest BCUT2D eigenvalue weighted by atomic mass is 9.98. The molecular formula is C21H27. The summed E-state index contributed by atoms with van der Waals surface area (Å²) >= 11 is 0. The molecule has 2 aromatic rings. The van der Waals surface area contributed by atoms with E-state index < -0.39 is 0 Å². The SMILES string of the molecule is CCCCc1cccc([CH]c2cccc(CCCC)c2)c1. The lowest BCUT2D eigenvalue weighted by Gasteiger charge is -2.07. The topological polar surface area (TPSA) is 0 Å². The van der Waals surface area contributed by atoms with E-state index in [2.05, 4.69) is 68.8 Å². The largest absolute Gasteiger partial charge is 0.0654 e. The maximum Gasteiger partial charge on any atom is 0.0199 e. The van der Waals surface area contributed by atoms with Crippen molar-refractivity contribution in [2.75, 3.05) is 0 Å². The maximum atomic E-state index is 2.33. The molecule has 0 N–H and O–H groups in total. The van der Waals surface area contributed by atoms with E-state index in [0.717, 1.165) is 0 Å². The van der Waals surface area contributed by atoms with Crippen molar-refractivity contribution in [2.24, 2.45) is 0 Å². The van der Waals surface area contributed by atoms with E-state index in [9.17, 15) is 0 Å². The summed E-state index contributed by atoms with van der Waals surface area (Å²) in [6.07, 6.45) is 9.74. The van der Waals surface area contributed by atoms with Gasteiger partial charge in [-0.3, -0.25) is 0 Å². The minimum Gasteiger partial charge on any atom is -0.0654 e. The molecule has 0 aliphatic carbocycles. The van der Waals surface area contributed by atoms with Crippen LogP contribution in [-0.2, 0) is 12.8 Å². The predicted molar refractivity (Wildman–Crippen MR) is 92.6 cm³/mol. The Labute approximate surface area is 130 Å². The Kier molecular flexibility index (Phi) is 6.53. The van der Waals surface area contributed by atoms with Gasteiger partial charge in [0, 0.05) is 6.42 Å². The number of unbranched alkanes of at least 4 members (excludes halogenated alkanes) is 2. The van der Waals surface area contributed by atoms with E-state index in [1.807, 2.05) is 0 Å². The Morgan fingerprint density at radius 2 is 1.19 bits per heavy atom. The van der Waals surface area contributed by atoms with E-state index in [1.54, 1.807) is 0 Å². The molecule has 0 aromatic heterocycles. The van der Waals surface area contributed by atoms with Crippen LogP contribution in [0.3, 0.4) is 0 Å². The Morgan fingerprint density at radius 1 is 0.714 bits per heavy atom. The molecule has 0 spiro atoms. The molecule has 0 saturated heterocycles. The molecule has 0 amide bonds. The van der Waals surface area contributed by atoms with E-state index in [1.165, 1.54) is 60.8 Å². The first-order valence-electron chi connectivity index (χ1n) is 8.34. The van der Waals surface area contributed by atoms with E-state index in [0.29, 0.717) is 0 Å². The van der Waals surface area contributed by atoms with Crippen LogP contribution in [0.4, 0.5) is 0 Å². The summed E-state index contributed by atoms with van der Waals surface area (Å²) in [6, 6.07) is 17.9. The Balaban J connectivity index is 2.03. The van der Waals surface area contributed by atoms with E-state index in [4.69, 9.17) is 0 Å². The fourth-order valence-corrected chi connectivity index (χ4v) is 2.63. The van der Waals surface area contributed by atoms with Crippen LogP contribution >= 0.6 is 0 Å². The molecule has 0 bridgehead atoms. The molecule has 0 heterocycles. The Morgan fingerprint density at radius 3 is 1.62 bits per heavy atom. The molecule has 0 aliphatic heterocycles. The van der Waals surface area contributed by atoms with Crippen molar-refractivity contribution in [1.82, 2.24) is 0 Å². The average molecular weight is 279 g/mol. The number of hydrogen-bond donors (Lipinski definition) is 0. The lowest BCUT2D eigenvalue weighted by Crippen LogP contribution is -1.91. The van der Waals surface area contributed by atoms with Crippen LogP contribution in [0.25, 0.3) is 0 Å². The van der Waals surface area contributed by atoms with Crippen LogP contribution in [0.2, 0.25) is 0 Å². The first kappa shape index (κ1) is 15.8. The van der Waals surface area contributed by atoms with Gasteiger partial charge in [-0.25, -0.2) is 0 Å². The molecule has 0 saturated carbocycles. The summed E-state index contributed by atoms with van der Waals surface area (Å²) in [7, 11) is 0. The first-order valence-corrected chi connectivity index (χ1v) is 8.34. The number of benzene rings is 2. The highest BCUT2D eigenvalue weighted by atomic mass is 14.1. The monoisotopic (exact) mass is 279 g/mol. The van der Waals surface area contributed by atoms with Gasteiger partial charge in [-0.15, -0.1) is 0 Å². The quantitative estimate of drug-likeness (QED) is 0.558. The second-order valence-corrected chi connectivity index (χ2v) is 5.84. The molecule has 2 rings (SSSR count). The van der Waals surface area contributed by atoms with Gasteiger partial charge in [0.25, 0.3) is 0 Å². The van der Waals surface area contributed by atoms with E-state index >= 15 is 0 Å². The number of rotatable bonds is 8. The lowest BCUT2D eigenvalue weighted by molar-refractivity contribution is 0.794. The average Bonchev–Trinajstić information content (AvgIpc) is 2.52. The summed E-state index contributed by atoms with van der Waals surface area (Å²) in [6.45, 7) is 4.50. The molecule has 0 nitrogen and oxygen atoms in total. The third-order valence-electron chi connectivity index (χ3n) is 3.87. The Bertz CT molecular complexity index is 490. The number of aryl methyl sites for hydroxylation is 2. The third kappa shape index (κ3) is 5.38. The van der Waals surface area contributed by atoms with Gasteiger partial charge in [-0.1, -0.05) is 75.2 Å². The minimum absolute atomic E-state index is 1.19. The zero-order valence-corrected chi connectivity index (χ0v) is 13.4. The van der Waals surface area contributed by atoms with Crippen molar-refractivity contribution in [2.45, 2.75) is 52.4 Å². The van der Waals surface area contributed by atoms with E-state index in [-0.39, 0.29) is 0 Å². The molecule has 0 aliphatic rings. The van der Waals surface area contributed by atoms with Crippen molar-refractivity contribution >= 4 is 0 Å². The van der Waals surface area contributed by atoms with Gasteiger partial charge >= 0.3 is 0 Å². The summed E-state index contributed by atoms with van der Waals surface area (Å²) < 4.78 is 0. The van der Waals surface area contributed by atoms with Gasteiger partial charge in [0.05, 0.1) is 0 Å². The van der Waals surface area contributed by atoms with Gasteiger partial charge in [0.2, 0.25) is 0 Å². The van der Waals surface area contributed by atoms with Gasteiger partial charge in [-0.2, -0.15) is 0 Å². The Hall–Kier alpha value is -1.56. The second kappa shape index (κ2) is 8.67. The first-order chi connectivity index (χ1) is 10.3. The molecule has 111 valence electrons. The minimum atomic E-state index is 1.19. The molecule has 0 unspecified atom stereocenters. The number of hydrogen-bond acceptors (Lipinski definition) is 0. The van der Waals surface area contributed by atoms with Crippen molar-refractivity contribution < 1.29 is 0 Å². The van der Waals surface area contributed by atoms with Gasteiger partial charge in [-0.05, 0) is 47.9 Å². The van der Waals surface area contributed by atoms with Gasteiger partial charge in [0.15, 0.2) is 0 Å². The summed E-state index contributed by atoms with van der Waals surface area (Å²) in [4.78, 5) is 0. The highest BCUT2D eigenvalue weighted by Crippen LogP contribution is 2.17. The second-order valence-electron chi connectivity index (χ2n) is 5.84. The highest BCUT2D eigenvalue weighted by molar-refractivity contribution is 5.40. The zero-order valence-electron chi connectivity index (χ0n) is 13.4. The van der Waals surface area contributed by atoms with Crippen LogP contribution in [0.1, 0.15) is 61.8 Å². The van der Waals surface area contributed by atoms with Crippen LogP contribution in [0.15, 0.2) is 48.5 Å². The molecule has 0 atom stereocenters. The molecule has 21 heavy (non-hydrogen) atoms. The zero-order chi connectivity index (χ0) is 14.9. The molecule has 1 radical (unpaired) electrons. The standard InChI is InChI=1S/C21H27/c1-3-5-9-18-11-7-13-20(15-18)17-21-14-8-12-19(16-21)10-6-4-2/h7-8,11-17H,3-6,9-10H2,1-2H3. The molecule has 2 aromatic carbocycles. The fourth-order valence-electron chi connectivity index (χ4n) is 2.63. The highest BCUT2D eigenvalue weighted by Gasteiger charge is 2.01. The van der Waals surface area contributed by atoms with Gasteiger partial charge in [0.1, 0.15) is 0 Å². The van der Waals surface area contributed by atoms with Crippen molar-refractivity contribution in [3.63, 3.8) is 0 Å². The van der Waals surface area contributed by atoms with Crippen LogP contribution in [0, 0.1) is 6.42 Å².